The predicted octanol–water partition coefficient (Wildman–Crippen LogP) is 1.50. The van der Waals surface area contributed by atoms with Gasteiger partial charge in [-0.15, -0.1) is 11.6 Å². The van der Waals surface area contributed by atoms with E-state index >= 15 is 0 Å². The molecule has 11 heavy (non-hydrogen) atoms. The van der Waals surface area contributed by atoms with Gasteiger partial charge in [-0.05, 0) is 13.8 Å². The van der Waals surface area contributed by atoms with Crippen molar-refractivity contribution >= 4 is 17.7 Å². The number of carbonyl (C=O) groups is 1. The van der Waals surface area contributed by atoms with Crippen LogP contribution in [0, 0.1) is 0 Å². The van der Waals surface area contributed by atoms with Crippen LogP contribution in [-0.2, 0) is 4.74 Å². The molecule has 0 aromatic heterocycles. The van der Waals surface area contributed by atoms with Crippen molar-refractivity contribution in [1.29, 1.82) is 0 Å². The second kappa shape index (κ2) is 3.30. The molecule has 1 saturated heterocycles. The van der Waals surface area contributed by atoms with Crippen LogP contribution < -0.4 is 5.32 Å². The average Bonchev–Trinajstić information content (AvgIpc) is 2.09. The Morgan fingerprint density at radius 3 is 2.82 bits per heavy atom. The van der Waals surface area contributed by atoms with Gasteiger partial charge >= 0.3 is 6.09 Å². The standard InChI is InChI=1S/C7H12ClNO2/c1-4(8)3-6-5(2)9-7(10)11-6/h4-6H,3H2,1-2H3,(H,9,10). The molecule has 3 unspecified atom stereocenters. The summed E-state index contributed by atoms with van der Waals surface area (Å²) in [7, 11) is 0. The quantitative estimate of drug-likeness (QED) is 0.650. The van der Waals surface area contributed by atoms with E-state index in [4.69, 9.17) is 16.3 Å². The van der Waals surface area contributed by atoms with Crippen LogP contribution in [0.2, 0.25) is 0 Å². The Bertz CT molecular complexity index is 161. The Morgan fingerprint density at radius 2 is 2.45 bits per heavy atom. The van der Waals surface area contributed by atoms with E-state index in [1.807, 2.05) is 13.8 Å². The van der Waals surface area contributed by atoms with Gasteiger partial charge in [0, 0.05) is 11.8 Å². The Labute approximate surface area is 71.1 Å². The lowest BCUT2D eigenvalue weighted by Crippen LogP contribution is -2.29. The molecular formula is C7H12ClNO2. The molecule has 0 aromatic rings. The predicted molar refractivity (Wildman–Crippen MR) is 42.8 cm³/mol. The minimum atomic E-state index is -0.334. The van der Waals surface area contributed by atoms with E-state index in [9.17, 15) is 4.79 Å². The number of halogens is 1. The summed E-state index contributed by atoms with van der Waals surface area (Å²) < 4.78 is 4.95. The van der Waals surface area contributed by atoms with Crippen molar-refractivity contribution < 1.29 is 9.53 Å². The maximum atomic E-state index is 10.7. The van der Waals surface area contributed by atoms with E-state index in [0.717, 1.165) is 0 Å². The molecule has 1 rings (SSSR count). The first kappa shape index (κ1) is 8.65. The summed E-state index contributed by atoms with van der Waals surface area (Å²) in [5.74, 6) is 0. The molecule has 3 nitrogen and oxygen atoms in total. The first-order chi connectivity index (χ1) is 5.09. The lowest BCUT2D eigenvalue weighted by molar-refractivity contribution is 0.128. The minimum absolute atomic E-state index is 0.0511. The van der Waals surface area contributed by atoms with Crippen LogP contribution in [0.3, 0.4) is 0 Å². The molecule has 1 aliphatic heterocycles. The van der Waals surface area contributed by atoms with Crippen LogP contribution in [0.15, 0.2) is 0 Å². The number of ether oxygens (including phenoxy) is 1. The fraction of sp³-hybridized carbons (Fsp3) is 0.857. The van der Waals surface area contributed by atoms with Crippen molar-refractivity contribution in [2.45, 2.75) is 37.8 Å². The van der Waals surface area contributed by atoms with Crippen LogP contribution in [-0.4, -0.2) is 23.6 Å². The highest BCUT2D eigenvalue weighted by atomic mass is 35.5. The number of rotatable bonds is 2. The van der Waals surface area contributed by atoms with Gasteiger partial charge in [-0.25, -0.2) is 4.79 Å². The Kier molecular flexibility index (Phi) is 2.60. The van der Waals surface area contributed by atoms with E-state index in [-0.39, 0.29) is 23.6 Å². The molecule has 0 saturated carbocycles. The molecule has 1 N–H and O–H groups in total. The first-order valence-electron chi connectivity index (χ1n) is 3.71. The van der Waals surface area contributed by atoms with Gasteiger partial charge in [0.25, 0.3) is 0 Å². The summed E-state index contributed by atoms with van der Waals surface area (Å²) in [6, 6.07) is 0.0868. The van der Waals surface area contributed by atoms with Gasteiger partial charge in [-0.1, -0.05) is 0 Å². The average molecular weight is 178 g/mol. The summed E-state index contributed by atoms with van der Waals surface area (Å²) in [4.78, 5) is 10.7. The Morgan fingerprint density at radius 1 is 1.82 bits per heavy atom. The molecule has 1 aliphatic rings. The monoisotopic (exact) mass is 177 g/mol. The minimum Gasteiger partial charge on any atom is -0.444 e. The number of cyclic esters (lactones) is 1. The van der Waals surface area contributed by atoms with Crippen molar-refractivity contribution in [3.63, 3.8) is 0 Å². The molecule has 1 fully saturated rings. The summed E-state index contributed by atoms with van der Waals surface area (Å²) in [6.07, 6.45) is 0.316. The number of hydrogen-bond acceptors (Lipinski definition) is 2. The summed E-state index contributed by atoms with van der Waals surface area (Å²) >= 11 is 5.75. The smallest absolute Gasteiger partial charge is 0.407 e. The molecule has 0 aliphatic carbocycles. The van der Waals surface area contributed by atoms with Gasteiger partial charge in [0.15, 0.2) is 0 Å². The molecular weight excluding hydrogens is 166 g/mol. The highest BCUT2D eigenvalue weighted by molar-refractivity contribution is 6.20. The van der Waals surface area contributed by atoms with Crippen molar-refractivity contribution in [2.24, 2.45) is 0 Å². The lowest BCUT2D eigenvalue weighted by atomic mass is 10.1. The fourth-order valence-electron chi connectivity index (χ4n) is 1.12. The van der Waals surface area contributed by atoms with E-state index in [1.54, 1.807) is 0 Å². The Balaban J connectivity index is 2.40. The third-order valence-corrected chi connectivity index (χ3v) is 1.90. The molecule has 1 amide bonds. The van der Waals surface area contributed by atoms with Crippen molar-refractivity contribution in [3.8, 4) is 0 Å². The van der Waals surface area contributed by atoms with Gasteiger partial charge in [0.1, 0.15) is 6.10 Å². The first-order valence-corrected chi connectivity index (χ1v) is 4.14. The van der Waals surface area contributed by atoms with Crippen LogP contribution >= 0.6 is 11.6 Å². The van der Waals surface area contributed by atoms with Gasteiger partial charge in [-0.3, -0.25) is 0 Å². The van der Waals surface area contributed by atoms with Crippen LogP contribution in [0.5, 0.6) is 0 Å². The van der Waals surface area contributed by atoms with Gasteiger partial charge < -0.3 is 10.1 Å². The van der Waals surface area contributed by atoms with E-state index in [1.165, 1.54) is 0 Å². The molecule has 3 atom stereocenters. The second-order valence-electron chi connectivity index (χ2n) is 2.89. The summed E-state index contributed by atoms with van der Waals surface area (Å²) in [5.41, 5.74) is 0. The number of amides is 1. The SMILES string of the molecule is CC(Cl)CC1OC(=O)NC1C. The third kappa shape index (κ3) is 2.26. The van der Waals surface area contributed by atoms with Gasteiger partial charge in [0.05, 0.1) is 6.04 Å². The highest BCUT2D eigenvalue weighted by Gasteiger charge is 2.30. The number of hydrogen-bond donors (Lipinski definition) is 1. The van der Waals surface area contributed by atoms with Crippen LogP contribution in [0.25, 0.3) is 0 Å². The summed E-state index contributed by atoms with van der Waals surface area (Å²) in [6.45, 7) is 3.80. The molecule has 0 aromatic carbocycles. The van der Waals surface area contributed by atoms with E-state index < -0.39 is 0 Å². The maximum absolute atomic E-state index is 10.7. The van der Waals surface area contributed by atoms with Crippen molar-refractivity contribution in [3.05, 3.63) is 0 Å². The molecule has 1 heterocycles. The zero-order valence-corrected chi connectivity index (χ0v) is 7.39. The number of nitrogens with one attached hydrogen (secondary N) is 1. The maximum Gasteiger partial charge on any atom is 0.407 e. The number of carbonyl (C=O) groups excluding carboxylic acids is 1. The normalized spacial score (nSPS) is 32.8. The van der Waals surface area contributed by atoms with Crippen molar-refractivity contribution in [2.75, 3.05) is 0 Å². The third-order valence-electron chi connectivity index (χ3n) is 1.72. The number of alkyl carbamates (subject to hydrolysis) is 1. The molecule has 0 radical (unpaired) electrons. The van der Waals surface area contributed by atoms with E-state index in [2.05, 4.69) is 5.32 Å². The van der Waals surface area contributed by atoms with E-state index in [0.29, 0.717) is 6.42 Å². The lowest BCUT2D eigenvalue weighted by Gasteiger charge is -2.13. The Hall–Kier alpha value is -0.440. The van der Waals surface area contributed by atoms with Crippen LogP contribution in [0.1, 0.15) is 20.3 Å². The topological polar surface area (TPSA) is 38.3 Å². The zero-order valence-electron chi connectivity index (χ0n) is 6.63. The molecule has 64 valence electrons. The molecule has 4 heteroatoms. The molecule has 0 spiro atoms. The van der Waals surface area contributed by atoms with Crippen molar-refractivity contribution in [1.82, 2.24) is 5.32 Å². The fourth-order valence-corrected chi connectivity index (χ4v) is 1.30. The van der Waals surface area contributed by atoms with Crippen LogP contribution in [0.4, 0.5) is 4.79 Å². The second-order valence-corrected chi connectivity index (χ2v) is 3.64. The largest absolute Gasteiger partial charge is 0.444 e. The zero-order chi connectivity index (χ0) is 8.43. The summed E-state index contributed by atoms with van der Waals surface area (Å²) in [5, 5.41) is 2.70. The van der Waals surface area contributed by atoms with Gasteiger partial charge in [-0.2, -0.15) is 0 Å². The van der Waals surface area contributed by atoms with Gasteiger partial charge in [0.2, 0.25) is 0 Å². The number of alkyl halides is 1. The molecule has 0 bridgehead atoms. The highest BCUT2D eigenvalue weighted by Crippen LogP contribution is 2.16.